The molecule has 3 N–H and O–H groups in total. The van der Waals surface area contributed by atoms with Crippen molar-refractivity contribution < 1.29 is 15.3 Å². The molecule has 0 bridgehead atoms. The summed E-state index contributed by atoms with van der Waals surface area (Å²) in [6.07, 6.45) is 12.0. The maximum absolute atomic E-state index is 11.3. The van der Waals surface area contributed by atoms with Gasteiger partial charge in [-0.05, 0) is 104 Å². The zero-order chi connectivity index (χ0) is 21.7. The summed E-state index contributed by atoms with van der Waals surface area (Å²) >= 11 is 0. The molecule has 0 unspecified atom stereocenters. The third kappa shape index (κ3) is 3.71. The van der Waals surface area contributed by atoms with E-state index in [1.165, 1.54) is 37.7 Å². The van der Waals surface area contributed by atoms with Crippen LogP contribution in [0, 0.1) is 40.4 Å². The van der Waals surface area contributed by atoms with Crippen molar-refractivity contribution in [3.05, 3.63) is 11.1 Å². The minimum Gasteiger partial charge on any atom is -0.396 e. The summed E-state index contributed by atoms with van der Waals surface area (Å²) in [5.74, 6) is 2.89. The fourth-order valence-electron chi connectivity index (χ4n) is 8.52. The third-order valence-corrected chi connectivity index (χ3v) is 10.4. The van der Waals surface area contributed by atoms with Gasteiger partial charge in [0.05, 0.1) is 12.2 Å². The summed E-state index contributed by atoms with van der Waals surface area (Å²) in [4.78, 5) is 0. The number of fused-ring (bicyclic) bond motifs is 4. The zero-order valence-electron chi connectivity index (χ0n) is 19.9. The molecule has 0 aromatic heterocycles. The van der Waals surface area contributed by atoms with Gasteiger partial charge in [0.15, 0.2) is 0 Å². The molecule has 0 amide bonds. The van der Waals surface area contributed by atoms with Crippen LogP contribution in [0.1, 0.15) is 98.3 Å². The molecule has 3 nitrogen and oxygen atoms in total. The molecule has 0 spiro atoms. The summed E-state index contributed by atoms with van der Waals surface area (Å²) in [7, 11) is 0. The molecule has 3 fully saturated rings. The van der Waals surface area contributed by atoms with Crippen molar-refractivity contribution in [3.8, 4) is 0 Å². The first-order valence-electron chi connectivity index (χ1n) is 12.9. The lowest BCUT2D eigenvalue weighted by Crippen LogP contribution is -2.48. The van der Waals surface area contributed by atoms with Crippen LogP contribution in [0.5, 0.6) is 0 Å². The van der Waals surface area contributed by atoms with E-state index in [2.05, 4.69) is 27.7 Å². The predicted octanol–water partition coefficient (Wildman–Crippen LogP) is 5.48. The average molecular weight is 419 g/mol. The second-order valence-corrected chi connectivity index (χ2v) is 12.2. The largest absolute Gasteiger partial charge is 0.396 e. The van der Waals surface area contributed by atoms with E-state index < -0.39 is 0 Å². The first-order chi connectivity index (χ1) is 14.2. The van der Waals surface area contributed by atoms with Gasteiger partial charge in [0, 0.05) is 6.61 Å². The van der Waals surface area contributed by atoms with Gasteiger partial charge < -0.3 is 15.3 Å². The Balaban J connectivity index is 1.55. The van der Waals surface area contributed by atoms with Crippen LogP contribution in [0.15, 0.2) is 11.1 Å². The van der Waals surface area contributed by atoms with Gasteiger partial charge in [0.2, 0.25) is 0 Å². The Morgan fingerprint density at radius 1 is 1.00 bits per heavy atom. The Morgan fingerprint density at radius 3 is 2.50 bits per heavy atom. The lowest BCUT2D eigenvalue weighted by atomic mass is 9.48. The Kier molecular flexibility index (Phi) is 6.48. The van der Waals surface area contributed by atoms with Crippen molar-refractivity contribution in [2.24, 2.45) is 40.4 Å². The van der Waals surface area contributed by atoms with Crippen LogP contribution in [-0.2, 0) is 0 Å². The lowest BCUT2D eigenvalue weighted by Gasteiger charge is -2.56. The van der Waals surface area contributed by atoms with Crippen molar-refractivity contribution in [2.75, 3.05) is 6.61 Å². The van der Waals surface area contributed by atoms with E-state index in [1.54, 1.807) is 5.57 Å². The number of aliphatic hydroxyl groups is 3. The van der Waals surface area contributed by atoms with Gasteiger partial charge in [0.1, 0.15) is 0 Å². The first kappa shape index (κ1) is 22.8. The van der Waals surface area contributed by atoms with Gasteiger partial charge in [-0.1, -0.05) is 46.1 Å². The lowest BCUT2D eigenvalue weighted by molar-refractivity contribution is -0.0386. The molecule has 0 aliphatic heterocycles. The molecular formula is C27H46O3. The van der Waals surface area contributed by atoms with Crippen molar-refractivity contribution in [1.29, 1.82) is 0 Å². The maximum atomic E-state index is 11.3. The number of aliphatic hydroxyl groups excluding tert-OH is 3. The Hall–Kier alpha value is -0.380. The molecule has 4 aliphatic carbocycles. The standard InChI is InChI=1S/C27H46O3/c1-17(16-28)6-5-7-18(2)23-15-24(30)25-21-9-8-19-14-20(29)10-12-26(19,3)22(21)11-13-27(23,25)4/h17-20,22-24,28-30H,5-16H2,1-4H3/t17-,18-,19+,20+,22+,23-,24-,26+,27-/m1/s1. The molecule has 0 aromatic rings. The molecule has 0 aromatic carbocycles. The van der Waals surface area contributed by atoms with Crippen LogP contribution < -0.4 is 0 Å². The molecule has 3 saturated carbocycles. The van der Waals surface area contributed by atoms with Crippen molar-refractivity contribution in [2.45, 2.75) is 111 Å². The Labute approximate surface area is 184 Å². The maximum Gasteiger partial charge on any atom is 0.0761 e. The molecule has 3 heteroatoms. The van der Waals surface area contributed by atoms with E-state index in [-0.39, 0.29) is 17.6 Å². The van der Waals surface area contributed by atoms with Crippen LogP contribution in [0.4, 0.5) is 0 Å². The molecule has 4 aliphatic rings. The first-order valence-corrected chi connectivity index (χ1v) is 12.9. The highest BCUT2D eigenvalue weighted by molar-refractivity contribution is 5.37. The molecular weight excluding hydrogens is 372 g/mol. The monoisotopic (exact) mass is 418 g/mol. The van der Waals surface area contributed by atoms with E-state index in [9.17, 15) is 15.3 Å². The highest BCUT2D eigenvalue weighted by Crippen LogP contribution is 2.65. The highest BCUT2D eigenvalue weighted by Gasteiger charge is 2.57. The van der Waals surface area contributed by atoms with Crippen LogP contribution in [0.3, 0.4) is 0 Å². The number of hydrogen-bond donors (Lipinski definition) is 3. The SMILES string of the molecule is C[C@@H](CO)CCC[C@@H](C)[C@H]1C[C@@H](O)C2=C3CC[C@H]4C[C@@H](O)CC[C@]4(C)[C@H]3CC[C@@]21C. The summed E-state index contributed by atoms with van der Waals surface area (Å²) in [5, 5.41) is 30.8. The molecule has 172 valence electrons. The second kappa shape index (κ2) is 8.52. The van der Waals surface area contributed by atoms with Gasteiger partial charge >= 0.3 is 0 Å². The van der Waals surface area contributed by atoms with E-state index >= 15 is 0 Å². The summed E-state index contributed by atoms with van der Waals surface area (Å²) < 4.78 is 0. The topological polar surface area (TPSA) is 60.7 Å². The molecule has 0 saturated heterocycles. The molecule has 0 heterocycles. The van der Waals surface area contributed by atoms with Crippen LogP contribution in [0.25, 0.3) is 0 Å². The van der Waals surface area contributed by atoms with Gasteiger partial charge in [-0.25, -0.2) is 0 Å². The van der Waals surface area contributed by atoms with E-state index in [4.69, 9.17) is 0 Å². The van der Waals surface area contributed by atoms with Gasteiger partial charge in [-0.3, -0.25) is 0 Å². The molecule has 30 heavy (non-hydrogen) atoms. The van der Waals surface area contributed by atoms with Gasteiger partial charge in [-0.2, -0.15) is 0 Å². The average Bonchev–Trinajstić information content (AvgIpc) is 2.99. The van der Waals surface area contributed by atoms with Gasteiger partial charge in [0.25, 0.3) is 0 Å². The van der Waals surface area contributed by atoms with E-state index in [1.807, 2.05) is 0 Å². The second-order valence-electron chi connectivity index (χ2n) is 12.2. The summed E-state index contributed by atoms with van der Waals surface area (Å²) in [6, 6.07) is 0. The summed E-state index contributed by atoms with van der Waals surface area (Å²) in [6.45, 7) is 9.81. The minimum atomic E-state index is -0.244. The van der Waals surface area contributed by atoms with E-state index in [0.717, 1.165) is 38.5 Å². The molecule has 4 rings (SSSR count). The van der Waals surface area contributed by atoms with Crippen LogP contribution >= 0.6 is 0 Å². The quantitative estimate of drug-likeness (QED) is 0.501. The van der Waals surface area contributed by atoms with E-state index in [0.29, 0.717) is 41.6 Å². The zero-order valence-corrected chi connectivity index (χ0v) is 19.9. The number of rotatable bonds is 6. The Bertz CT molecular complexity index is 656. The van der Waals surface area contributed by atoms with Crippen LogP contribution in [-0.4, -0.2) is 34.1 Å². The fraction of sp³-hybridized carbons (Fsp3) is 0.926. The smallest absolute Gasteiger partial charge is 0.0761 e. The van der Waals surface area contributed by atoms with Gasteiger partial charge in [-0.15, -0.1) is 0 Å². The van der Waals surface area contributed by atoms with Crippen LogP contribution in [0.2, 0.25) is 0 Å². The molecule has 9 atom stereocenters. The number of hydrogen-bond acceptors (Lipinski definition) is 3. The highest BCUT2D eigenvalue weighted by atomic mass is 16.3. The Morgan fingerprint density at radius 2 is 1.77 bits per heavy atom. The third-order valence-electron chi connectivity index (χ3n) is 10.4. The van der Waals surface area contributed by atoms with Crippen molar-refractivity contribution in [1.82, 2.24) is 0 Å². The number of allylic oxidation sites excluding steroid dienone is 1. The fourth-order valence-corrected chi connectivity index (χ4v) is 8.52. The normalized spacial score (nSPS) is 45.5. The minimum absolute atomic E-state index is 0.0954. The van der Waals surface area contributed by atoms with Crippen molar-refractivity contribution >= 4 is 0 Å². The molecule has 0 radical (unpaired) electrons. The van der Waals surface area contributed by atoms with Crippen molar-refractivity contribution in [3.63, 3.8) is 0 Å². The summed E-state index contributed by atoms with van der Waals surface area (Å²) in [5.41, 5.74) is 3.58. The predicted molar refractivity (Wildman–Crippen MR) is 122 cm³/mol.